The van der Waals surface area contributed by atoms with Crippen molar-refractivity contribution in [2.75, 3.05) is 31.1 Å². The van der Waals surface area contributed by atoms with E-state index in [1.165, 1.54) is 5.56 Å². The minimum absolute atomic E-state index is 0.0856. The minimum Gasteiger partial charge on any atom is -0.351 e. The molecule has 1 aromatic heterocycles. The van der Waals surface area contributed by atoms with Crippen molar-refractivity contribution < 1.29 is 9.00 Å². The molecule has 3 rings (SSSR count). The van der Waals surface area contributed by atoms with E-state index in [-0.39, 0.29) is 11.4 Å². The van der Waals surface area contributed by atoms with Crippen LogP contribution in [0.25, 0.3) is 10.9 Å². The number of fused-ring (bicyclic) bond motifs is 1. The summed E-state index contributed by atoms with van der Waals surface area (Å²) >= 11 is 0. The topological polar surface area (TPSA) is 65.2 Å². The molecule has 1 aromatic carbocycles. The second-order valence-corrected chi connectivity index (χ2v) is 8.80. The molecule has 0 spiro atoms. The molecule has 2 heterocycles. The molecule has 0 saturated carbocycles. The van der Waals surface area contributed by atoms with Gasteiger partial charge in [-0.15, -0.1) is 0 Å². The monoisotopic (exact) mass is 347 g/mol. The average Bonchev–Trinajstić information content (AvgIpc) is 2.96. The van der Waals surface area contributed by atoms with E-state index in [9.17, 15) is 9.00 Å². The second-order valence-electron chi connectivity index (χ2n) is 7.10. The van der Waals surface area contributed by atoms with E-state index in [1.807, 2.05) is 31.2 Å². The maximum atomic E-state index is 12.5. The molecule has 0 atom stereocenters. The van der Waals surface area contributed by atoms with E-state index in [1.54, 1.807) is 0 Å². The van der Waals surface area contributed by atoms with Crippen LogP contribution in [0.5, 0.6) is 0 Å². The lowest BCUT2D eigenvalue weighted by Crippen LogP contribution is -2.55. The number of carbonyl (C=O) groups excluding carboxylic acids is 1. The third-order valence-electron chi connectivity index (χ3n) is 4.74. The number of hydrogen-bond acceptors (Lipinski definition) is 3. The number of H-pyrrole nitrogens is 1. The fraction of sp³-hybridized carbons (Fsp3) is 0.500. The van der Waals surface area contributed by atoms with E-state index >= 15 is 0 Å². The first-order valence-corrected chi connectivity index (χ1v) is 9.81. The van der Waals surface area contributed by atoms with Gasteiger partial charge in [-0.2, -0.15) is 0 Å². The molecule has 6 heteroatoms. The zero-order chi connectivity index (χ0) is 17.3. The van der Waals surface area contributed by atoms with Crippen LogP contribution in [-0.2, 0) is 10.8 Å². The SMILES string of the molecule is Cc1ccc2cc(C(=O)NCC(C)(C)N3CCS(=O)CC3)[nH]c2c1. The number of rotatable bonds is 4. The predicted molar refractivity (Wildman–Crippen MR) is 98.9 cm³/mol. The van der Waals surface area contributed by atoms with Crippen molar-refractivity contribution in [1.29, 1.82) is 0 Å². The Labute approximate surface area is 145 Å². The maximum Gasteiger partial charge on any atom is 0.267 e. The summed E-state index contributed by atoms with van der Waals surface area (Å²) in [6.07, 6.45) is 0. The number of benzene rings is 1. The Bertz CT molecular complexity index is 772. The number of aromatic amines is 1. The highest BCUT2D eigenvalue weighted by Gasteiger charge is 2.30. The Morgan fingerprint density at radius 1 is 1.29 bits per heavy atom. The lowest BCUT2D eigenvalue weighted by Gasteiger charge is -2.40. The number of carbonyl (C=O) groups is 1. The minimum atomic E-state index is -0.683. The highest BCUT2D eigenvalue weighted by atomic mass is 32.2. The molecule has 2 aromatic rings. The zero-order valence-corrected chi connectivity index (χ0v) is 15.3. The molecule has 0 radical (unpaired) electrons. The Morgan fingerprint density at radius 2 is 2.00 bits per heavy atom. The molecule has 0 aliphatic carbocycles. The average molecular weight is 347 g/mol. The molecule has 1 amide bonds. The van der Waals surface area contributed by atoms with Crippen molar-refractivity contribution in [2.45, 2.75) is 26.3 Å². The van der Waals surface area contributed by atoms with E-state index in [4.69, 9.17) is 0 Å². The summed E-state index contributed by atoms with van der Waals surface area (Å²) < 4.78 is 11.5. The van der Waals surface area contributed by atoms with Crippen LogP contribution in [0.1, 0.15) is 29.9 Å². The van der Waals surface area contributed by atoms with Crippen molar-refractivity contribution in [3.05, 3.63) is 35.5 Å². The number of aromatic nitrogens is 1. The highest BCUT2D eigenvalue weighted by molar-refractivity contribution is 7.85. The molecular formula is C18H25N3O2S. The molecule has 24 heavy (non-hydrogen) atoms. The molecule has 0 bridgehead atoms. The second kappa shape index (κ2) is 6.69. The van der Waals surface area contributed by atoms with Crippen molar-refractivity contribution in [1.82, 2.24) is 15.2 Å². The van der Waals surface area contributed by atoms with Gasteiger partial charge in [0.2, 0.25) is 0 Å². The standard InChI is InChI=1S/C18H25N3O2S/c1-13-4-5-14-11-16(20-15(14)10-13)17(22)19-12-18(2,3)21-6-8-24(23)9-7-21/h4-5,10-11,20H,6-9,12H2,1-3H3,(H,19,22). The van der Waals surface area contributed by atoms with Gasteiger partial charge in [0, 0.05) is 58.4 Å². The lowest BCUT2D eigenvalue weighted by molar-refractivity contribution is 0.0879. The summed E-state index contributed by atoms with van der Waals surface area (Å²) in [5.74, 6) is 1.36. The molecule has 1 saturated heterocycles. The van der Waals surface area contributed by atoms with Crippen LogP contribution in [-0.4, -0.2) is 56.7 Å². The molecule has 2 N–H and O–H groups in total. The van der Waals surface area contributed by atoms with E-state index in [2.05, 4.69) is 29.0 Å². The summed E-state index contributed by atoms with van der Waals surface area (Å²) in [5, 5.41) is 4.08. The third kappa shape index (κ3) is 3.70. The molecule has 1 aliphatic heterocycles. The Kier molecular flexibility index (Phi) is 4.78. The Hall–Kier alpha value is -1.66. The van der Waals surface area contributed by atoms with Gasteiger partial charge >= 0.3 is 0 Å². The van der Waals surface area contributed by atoms with Crippen LogP contribution in [0.4, 0.5) is 0 Å². The van der Waals surface area contributed by atoms with Gasteiger partial charge in [-0.05, 0) is 38.5 Å². The quantitative estimate of drug-likeness (QED) is 0.890. The molecule has 1 aliphatic rings. The number of hydrogen-bond donors (Lipinski definition) is 2. The molecule has 5 nitrogen and oxygen atoms in total. The van der Waals surface area contributed by atoms with Crippen LogP contribution in [0.2, 0.25) is 0 Å². The number of amides is 1. The molecular weight excluding hydrogens is 322 g/mol. The van der Waals surface area contributed by atoms with Crippen LogP contribution in [0.3, 0.4) is 0 Å². The summed E-state index contributed by atoms with van der Waals surface area (Å²) in [6.45, 7) is 8.48. The first kappa shape index (κ1) is 17.2. The van der Waals surface area contributed by atoms with Crippen molar-refractivity contribution in [3.63, 3.8) is 0 Å². The van der Waals surface area contributed by atoms with E-state index < -0.39 is 10.8 Å². The lowest BCUT2D eigenvalue weighted by atomic mass is 10.0. The van der Waals surface area contributed by atoms with Crippen LogP contribution in [0.15, 0.2) is 24.3 Å². The summed E-state index contributed by atoms with van der Waals surface area (Å²) in [7, 11) is -0.683. The van der Waals surface area contributed by atoms with Crippen molar-refractivity contribution >= 4 is 27.6 Å². The van der Waals surface area contributed by atoms with Crippen LogP contribution >= 0.6 is 0 Å². The maximum absolute atomic E-state index is 12.5. The first-order chi connectivity index (χ1) is 11.3. The van der Waals surface area contributed by atoms with Crippen molar-refractivity contribution in [3.8, 4) is 0 Å². The van der Waals surface area contributed by atoms with Crippen LogP contribution in [0, 0.1) is 6.92 Å². The van der Waals surface area contributed by atoms with Gasteiger partial charge in [-0.3, -0.25) is 13.9 Å². The largest absolute Gasteiger partial charge is 0.351 e. The van der Waals surface area contributed by atoms with Gasteiger partial charge < -0.3 is 10.3 Å². The van der Waals surface area contributed by atoms with Gasteiger partial charge in [-0.1, -0.05) is 12.1 Å². The van der Waals surface area contributed by atoms with Crippen molar-refractivity contribution in [2.24, 2.45) is 0 Å². The van der Waals surface area contributed by atoms with E-state index in [0.717, 1.165) is 35.5 Å². The van der Waals surface area contributed by atoms with Gasteiger partial charge in [0.05, 0.1) is 0 Å². The predicted octanol–water partition coefficient (Wildman–Crippen LogP) is 2.05. The Morgan fingerprint density at radius 3 is 2.71 bits per heavy atom. The van der Waals surface area contributed by atoms with Gasteiger partial charge in [0.1, 0.15) is 5.69 Å². The normalized spacial score (nSPS) is 17.3. The first-order valence-electron chi connectivity index (χ1n) is 8.33. The Balaban J connectivity index is 1.64. The fourth-order valence-electron chi connectivity index (χ4n) is 3.11. The van der Waals surface area contributed by atoms with Crippen LogP contribution < -0.4 is 5.32 Å². The van der Waals surface area contributed by atoms with E-state index in [0.29, 0.717) is 12.2 Å². The zero-order valence-electron chi connectivity index (χ0n) is 14.5. The number of nitrogens with one attached hydrogen (secondary N) is 2. The van der Waals surface area contributed by atoms with Gasteiger partial charge in [0.25, 0.3) is 5.91 Å². The summed E-state index contributed by atoms with van der Waals surface area (Å²) in [6, 6.07) is 8.00. The highest BCUT2D eigenvalue weighted by Crippen LogP contribution is 2.18. The van der Waals surface area contributed by atoms with Gasteiger partial charge in [-0.25, -0.2) is 0 Å². The van der Waals surface area contributed by atoms with Gasteiger partial charge in [0.15, 0.2) is 0 Å². The number of nitrogens with zero attached hydrogens (tertiary/aromatic N) is 1. The fourth-order valence-corrected chi connectivity index (χ4v) is 4.16. The summed E-state index contributed by atoms with van der Waals surface area (Å²) in [4.78, 5) is 18.0. The smallest absolute Gasteiger partial charge is 0.267 e. The third-order valence-corrected chi connectivity index (χ3v) is 6.01. The molecule has 1 fully saturated rings. The molecule has 130 valence electrons. The molecule has 0 unspecified atom stereocenters. The number of aryl methyl sites for hydroxylation is 1. The summed E-state index contributed by atoms with van der Waals surface area (Å²) in [5.41, 5.74) is 2.59.